The van der Waals surface area contributed by atoms with E-state index in [1.807, 2.05) is 13.8 Å². The fraction of sp³-hybridized carbons (Fsp3) is 0.333. The predicted octanol–water partition coefficient (Wildman–Crippen LogP) is 3.38. The topological polar surface area (TPSA) is 68.3 Å². The number of imide groups is 1. The third-order valence-electron chi connectivity index (χ3n) is 5.62. The van der Waals surface area contributed by atoms with E-state index in [0.29, 0.717) is 35.1 Å². The summed E-state index contributed by atoms with van der Waals surface area (Å²) in [5, 5.41) is 0. The van der Waals surface area contributed by atoms with Gasteiger partial charge in [0.1, 0.15) is 17.3 Å². The second-order valence-corrected chi connectivity index (χ2v) is 8.00. The van der Waals surface area contributed by atoms with Gasteiger partial charge < -0.3 is 19.1 Å². The van der Waals surface area contributed by atoms with E-state index in [-0.39, 0.29) is 23.5 Å². The average molecular weight is 458 g/mol. The second kappa shape index (κ2) is 8.82. The van der Waals surface area contributed by atoms with E-state index >= 15 is 0 Å². The Morgan fingerprint density at radius 3 is 2.21 bits per heavy atom. The summed E-state index contributed by atoms with van der Waals surface area (Å²) in [4.78, 5) is 29.6. The molecule has 0 N–H and O–H groups in total. The van der Waals surface area contributed by atoms with Crippen molar-refractivity contribution in [2.45, 2.75) is 26.1 Å². The quantitative estimate of drug-likeness (QED) is 0.640. The first-order valence-corrected chi connectivity index (χ1v) is 10.5. The zero-order valence-corrected chi connectivity index (χ0v) is 18.7. The first-order valence-electron chi connectivity index (χ1n) is 10.5. The maximum Gasteiger partial charge on any atom is 0.282 e. The Balaban J connectivity index is 1.89. The number of benzene rings is 2. The van der Waals surface area contributed by atoms with E-state index in [9.17, 15) is 18.4 Å². The zero-order chi connectivity index (χ0) is 23.9. The van der Waals surface area contributed by atoms with E-state index in [0.717, 1.165) is 18.2 Å². The number of anilines is 1. The van der Waals surface area contributed by atoms with Crippen molar-refractivity contribution in [3.05, 3.63) is 59.3 Å². The first kappa shape index (κ1) is 22.7. The molecule has 0 saturated carbocycles. The van der Waals surface area contributed by atoms with Crippen LogP contribution in [0.4, 0.5) is 14.5 Å². The summed E-state index contributed by atoms with van der Waals surface area (Å²) in [7, 11) is 2.94. The molecule has 2 amide bonds. The Bertz CT molecular complexity index is 1140. The Kier molecular flexibility index (Phi) is 6.07. The number of morpholine rings is 1. The van der Waals surface area contributed by atoms with Crippen LogP contribution in [0, 0.1) is 11.6 Å². The summed E-state index contributed by atoms with van der Waals surface area (Å²) in [6.07, 6.45) is -0.397. The van der Waals surface area contributed by atoms with Crippen LogP contribution in [0.3, 0.4) is 0 Å². The van der Waals surface area contributed by atoms with Crippen LogP contribution in [0.15, 0.2) is 42.1 Å². The molecule has 2 aromatic carbocycles. The van der Waals surface area contributed by atoms with Crippen LogP contribution >= 0.6 is 0 Å². The van der Waals surface area contributed by atoms with Gasteiger partial charge in [-0.3, -0.25) is 9.59 Å². The van der Waals surface area contributed by atoms with Crippen molar-refractivity contribution < 1.29 is 32.6 Å². The number of methoxy groups -OCH3 is 2. The van der Waals surface area contributed by atoms with Gasteiger partial charge in [-0.2, -0.15) is 0 Å². The molecule has 2 heterocycles. The molecule has 0 spiro atoms. The lowest BCUT2D eigenvalue weighted by Gasteiger charge is -2.37. The zero-order valence-electron chi connectivity index (χ0n) is 18.7. The van der Waals surface area contributed by atoms with Crippen molar-refractivity contribution in [1.82, 2.24) is 4.90 Å². The minimum absolute atomic E-state index is 0.0749. The maximum absolute atomic E-state index is 14.6. The molecule has 9 heteroatoms. The van der Waals surface area contributed by atoms with E-state index in [4.69, 9.17) is 14.2 Å². The van der Waals surface area contributed by atoms with Crippen molar-refractivity contribution in [2.24, 2.45) is 0 Å². The summed E-state index contributed by atoms with van der Waals surface area (Å²) in [5.74, 6) is -2.31. The van der Waals surface area contributed by atoms with Crippen molar-refractivity contribution >= 4 is 23.1 Å². The summed E-state index contributed by atoms with van der Waals surface area (Å²) in [6, 6.07) is 7.48. The lowest BCUT2D eigenvalue weighted by molar-refractivity contribution is -0.121. The Hall–Kier alpha value is -3.46. The molecule has 7 nitrogen and oxygen atoms in total. The van der Waals surface area contributed by atoms with E-state index in [1.54, 1.807) is 23.1 Å². The fourth-order valence-electron chi connectivity index (χ4n) is 4.30. The van der Waals surface area contributed by atoms with Gasteiger partial charge in [-0.1, -0.05) is 6.07 Å². The molecule has 2 aliphatic rings. The minimum Gasteiger partial charge on any atom is -0.493 e. The molecule has 174 valence electrons. The number of amides is 2. The summed E-state index contributed by atoms with van der Waals surface area (Å²) < 4.78 is 44.9. The van der Waals surface area contributed by atoms with Crippen LogP contribution < -0.4 is 14.4 Å². The van der Waals surface area contributed by atoms with E-state index in [1.165, 1.54) is 14.2 Å². The molecule has 0 aromatic heterocycles. The van der Waals surface area contributed by atoms with Gasteiger partial charge in [0.25, 0.3) is 11.8 Å². The summed E-state index contributed by atoms with van der Waals surface area (Å²) >= 11 is 0. The average Bonchev–Trinajstić information content (AvgIpc) is 3.04. The lowest BCUT2D eigenvalue weighted by atomic mass is 10.0. The first-order chi connectivity index (χ1) is 15.7. The van der Waals surface area contributed by atoms with Gasteiger partial charge in [-0.25, -0.2) is 13.7 Å². The fourth-order valence-corrected chi connectivity index (χ4v) is 4.30. The van der Waals surface area contributed by atoms with Gasteiger partial charge in [0.05, 0.1) is 37.7 Å². The Morgan fingerprint density at radius 2 is 1.58 bits per heavy atom. The normalized spacial score (nSPS) is 21.2. The van der Waals surface area contributed by atoms with Crippen LogP contribution in [-0.4, -0.2) is 56.2 Å². The number of nitrogens with zero attached hydrogens (tertiary/aromatic N) is 2. The Morgan fingerprint density at radius 1 is 0.909 bits per heavy atom. The number of carbonyl (C=O) groups excluding carboxylic acids is 2. The summed E-state index contributed by atoms with van der Waals surface area (Å²) in [5.41, 5.74) is 0.142. The van der Waals surface area contributed by atoms with Crippen LogP contribution in [0.25, 0.3) is 5.57 Å². The number of ether oxygens (including phenoxy) is 3. The van der Waals surface area contributed by atoms with Crippen LogP contribution in [0.2, 0.25) is 0 Å². The molecular weight excluding hydrogens is 434 g/mol. The number of hydrogen-bond acceptors (Lipinski definition) is 6. The standard InChI is InChI=1S/C24H24F2N2O5/c1-13-11-27(12-14(2)33-13)22-21(15-5-8-19(31-3)20(9-15)32-4)23(29)28(24(22)30)18-10-16(25)6-7-17(18)26/h5-10,13-14H,11-12H2,1-4H3. The number of carbonyl (C=O) groups is 2. The van der Waals surface area contributed by atoms with E-state index in [2.05, 4.69) is 0 Å². The van der Waals surface area contributed by atoms with Crippen LogP contribution in [0.5, 0.6) is 11.5 Å². The van der Waals surface area contributed by atoms with Gasteiger partial charge in [0, 0.05) is 19.2 Å². The highest BCUT2D eigenvalue weighted by molar-refractivity contribution is 6.45. The van der Waals surface area contributed by atoms with Gasteiger partial charge >= 0.3 is 0 Å². The third-order valence-corrected chi connectivity index (χ3v) is 5.62. The molecule has 2 atom stereocenters. The number of hydrogen-bond donors (Lipinski definition) is 0. The molecule has 1 saturated heterocycles. The number of rotatable bonds is 5. The predicted molar refractivity (Wildman–Crippen MR) is 117 cm³/mol. The minimum atomic E-state index is -0.880. The van der Waals surface area contributed by atoms with Gasteiger partial charge in [-0.05, 0) is 43.7 Å². The summed E-state index contributed by atoms with van der Waals surface area (Å²) in [6.45, 7) is 4.44. The molecule has 0 radical (unpaired) electrons. The molecule has 2 unspecified atom stereocenters. The molecule has 0 aliphatic carbocycles. The lowest BCUT2D eigenvalue weighted by Crippen LogP contribution is -2.47. The van der Waals surface area contributed by atoms with Gasteiger partial charge in [-0.15, -0.1) is 0 Å². The highest BCUT2D eigenvalue weighted by Crippen LogP contribution is 2.39. The molecule has 33 heavy (non-hydrogen) atoms. The smallest absolute Gasteiger partial charge is 0.282 e. The van der Waals surface area contributed by atoms with Gasteiger partial charge in [0.15, 0.2) is 11.5 Å². The van der Waals surface area contributed by atoms with Crippen molar-refractivity contribution in [2.75, 3.05) is 32.2 Å². The highest BCUT2D eigenvalue weighted by atomic mass is 19.1. The maximum atomic E-state index is 14.6. The van der Waals surface area contributed by atoms with Crippen molar-refractivity contribution in [3.63, 3.8) is 0 Å². The van der Waals surface area contributed by atoms with Crippen molar-refractivity contribution in [1.29, 1.82) is 0 Å². The third kappa shape index (κ3) is 4.04. The Labute approximate surface area is 190 Å². The monoisotopic (exact) mass is 458 g/mol. The molecule has 1 fully saturated rings. The van der Waals surface area contributed by atoms with E-state index < -0.39 is 29.1 Å². The largest absolute Gasteiger partial charge is 0.493 e. The van der Waals surface area contributed by atoms with Crippen LogP contribution in [-0.2, 0) is 14.3 Å². The van der Waals surface area contributed by atoms with Gasteiger partial charge in [0.2, 0.25) is 0 Å². The molecule has 2 aliphatic heterocycles. The molecule has 0 bridgehead atoms. The molecule has 2 aromatic rings. The molecule has 4 rings (SSSR count). The van der Waals surface area contributed by atoms with Crippen LogP contribution in [0.1, 0.15) is 19.4 Å². The SMILES string of the molecule is COc1ccc(C2=C(N3CC(C)OC(C)C3)C(=O)N(c3cc(F)ccc3F)C2=O)cc1OC. The second-order valence-electron chi connectivity index (χ2n) is 8.00. The molecular formula is C24H24F2N2O5. The highest BCUT2D eigenvalue weighted by Gasteiger charge is 2.45. The van der Waals surface area contributed by atoms with Crippen molar-refractivity contribution in [3.8, 4) is 11.5 Å². The number of halogens is 2.